The van der Waals surface area contributed by atoms with Crippen LogP contribution in [0, 0.1) is 0 Å². The highest BCUT2D eigenvalue weighted by Gasteiger charge is 2.37. The number of hydrogen-bond donors (Lipinski definition) is 0. The van der Waals surface area contributed by atoms with Gasteiger partial charge in [0.05, 0.1) is 33.1 Å². The smallest absolute Gasteiger partial charge is 0.0703 e. The van der Waals surface area contributed by atoms with Gasteiger partial charge in [-0.05, 0) is 63.7 Å². The Morgan fingerprint density at radius 3 is 1.60 bits per heavy atom. The zero-order valence-corrected chi connectivity index (χ0v) is 26.3. The molecule has 0 N–H and O–H groups in total. The van der Waals surface area contributed by atoms with Gasteiger partial charge in [-0.3, -0.25) is 0 Å². The van der Waals surface area contributed by atoms with Gasteiger partial charge in [0, 0.05) is 37.7 Å². The zero-order chi connectivity index (χ0) is 31.0. The summed E-state index contributed by atoms with van der Waals surface area (Å²) >= 11 is 0. The Balaban J connectivity index is 1.32. The Morgan fingerprint density at radius 1 is 0.383 bits per heavy atom. The number of benzene rings is 7. The van der Waals surface area contributed by atoms with E-state index in [1.54, 1.807) is 0 Å². The van der Waals surface area contributed by atoms with Crippen LogP contribution in [0.25, 0.3) is 87.7 Å². The molecule has 3 heterocycles. The van der Waals surface area contributed by atoms with Gasteiger partial charge in [0.25, 0.3) is 0 Å². The van der Waals surface area contributed by atoms with Crippen LogP contribution in [0.3, 0.4) is 0 Å². The first kappa shape index (κ1) is 25.3. The fraction of sp³-hybridized carbons (Fsp3) is 0.0667. The molecule has 0 unspecified atom stereocenters. The maximum Gasteiger partial charge on any atom is 0.0703 e. The van der Waals surface area contributed by atoms with Crippen molar-refractivity contribution in [1.29, 1.82) is 0 Å². The van der Waals surface area contributed by atoms with Crippen LogP contribution in [0.15, 0.2) is 146 Å². The minimum atomic E-state index is -0.0781. The first-order chi connectivity index (χ1) is 23.1. The van der Waals surface area contributed by atoms with E-state index < -0.39 is 0 Å². The third-order valence-corrected chi connectivity index (χ3v) is 11.0. The second-order valence-corrected chi connectivity index (χ2v) is 13.7. The highest BCUT2D eigenvalue weighted by molar-refractivity contribution is 6.25. The third kappa shape index (κ3) is 3.06. The lowest BCUT2D eigenvalue weighted by Crippen LogP contribution is -2.16. The summed E-state index contributed by atoms with van der Waals surface area (Å²) in [4.78, 5) is 0. The van der Waals surface area contributed by atoms with Crippen LogP contribution in [0.1, 0.15) is 25.0 Å². The first-order valence-corrected chi connectivity index (χ1v) is 16.5. The van der Waals surface area contributed by atoms with E-state index in [-0.39, 0.29) is 5.41 Å². The molecular formula is C45H30N2. The SMILES string of the molecule is CC1(C)c2ccccc2-c2cccc(-c3ccc4c(c3)c3cccc5c6cccc7c8ccccc8n(c8ccccc8n4c35)c76)c21. The van der Waals surface area contributed by atoms with Crippen LogP contribution in [0.5, 0.6) is 0 Å². The molecule has 3 aromatic heterocycles. The molecule has 0 saturated heterocycles. The van der Waals surface area contributed by atoms with Gasteiger partial charge in [-0.1, -0.05) is 129 Å². The van der Waals surface area contributed by atoms with Crippen molar-refractivity contribution in [1.82, 2.24) is 8.80 Å². The molecule has 1 aliphatic carbocycles. The average molecular weight is 599 g/mol. The van der Waals surface area contributed by atoms with Gasteiger partial charge in [-0.2, -0.15) is 0 Å². The van der Waals surface area contributed by atoms with Crippen molar-refractivity contribution in [2.75, 3.05) is 0 Å². The predicted octanol–water partition coefficient (Wildman–Crippen LogP) is 11.9. The van der Waals surface area contributed by atoms with Crippen LogP contribution >= 0.6 is 0 Å². The lowest BCUT2D eigenvalue weighted by atomic mass is 9.79. The van der Waals surface area contributed by atoms with E-state index in [0.717, 1.165) is 0 Å². The van der Waals surface area contributed by atoms with Gasteiger partial charge in [-0.15, -0.1) is 0 Å². The van der Waals surface area contributed by atoms with Crippen LogP contribution in [-0.4, -0.2) is 8.80 Å². The monoisotopic (exact) mass is 598 g/mol. The molecular weight excluding hydrogens is 569 g/mol. The molecule has 0 spiro atoms. The maximum absolute atomic E-state index is 2.52. The maximum atomic E-state index is 2.52. The Morgan fingerprint density at radius 2 is 0.872 bits per heavy atom. The fourth-order valence-electron chi connectivity index (χ4n) is 9.12. The predicted molar refractivity (Wildman–Crippen MR) is 199 cm³/mol. The second kappa shape index (κ2) is 8.69. The Kier molecular flexibility index (Phi) is 4.68. The average Bonchev–Trinajstić information content (AvgIpc) is 3.71. The summed E-state index contributed by atoms with van der Waals surface area (Å²) < 4.78 is 5.01. The molecule has 0 amide bonds. The standard InChI is InChI=1S/C45H30N2/c1-45(2)37-20-5-3-12-29(37)31-15-9-14-28(42(31)45)27-24-25-39-36(26-27)35-19-11-18-34-33-17-10-16-32-30-13-4-6-21-38(30)46(43(32)33)40-22-7-8-23-41(40)47(39)44(34)35/h3-26H,1-2H3. The van der Waals surface area contributed by atoms with Crippen LogP contribution in [0.2, 0.25) is 0 Å². The lowest BCUT2D eigenvalue weighted by Gasteiger charge is -2.24. The van der Waals surface area contributed by atoms with Crippen molar-refractivity contribution in [2.24, 2.45) is 0 Å². The van der Waals surface area contributed by atoms with E-state index in [0.29, 0.717) is 0 Å². The van der Waals surface area contributed by atoms with Crippen molar-refractivity contribution >= 4 is 65.4 Å². The first-order valence-electron chi connectivity index (χ1n) is 16.5. The minimum Gasteiger partial charge on any atom is -0.307 e. The van der Waals surface area contributed by atoms with Crippen molar-refractivity contribution in [3.63, 3.8) is 0 Å². The Hall–Kier alpha value is -5.86. The molecule has 0 radical (unpaired) electrons. The number of nitrogens with zero attached hydrogens (tertiary/aromatic N) is 2. The molecule has 10 aromatic rings. The van der Waals surface area contributed by atoms with Gasteiger partial charge in [0.1, 0.15) is 0 Å². The number of fused-ring (bicyclic) bond motifs is 13. The molecule has 7 aromatic carbocycles. The zero-order valence-electron chi connectivity index (χ0n) is 26.3. The minimum absolute atomic E-state index is 0.0781. The largest absolute Gasteiger partial charge is 0.307 e. The molecule has 2 heteroatoms. The van der Waals surface area contributed by atoms with Crippen molar-refractivity contribution in [3.8, 4) is 22.3 Å². The number of rotatable bonds is 1. The third-order valence-electron chi connectivity index (χ3n) is 11.0. The van der Waals surface area contributed by atoms with E-state index >= 15 is 0 Å². The summed E-state index contributed by atoms with van der Waals surface area (Å²) in [7, 11) is 0. The topological polar surface area (TPSA) is 8.82 Å². The molecule has 2 nitrogen and oxygen atoms in total. The summed E-state index contributed by atoms with van der Waals surface area (Å²) in [5.41, 5.74) is 15.4. The second-order valence-electron chi connectivity index (χ2n) is 13.7. The molecule has 220 valence electrons. The summed E-state index contributed by atoms with van der Waals surface area (Å²) in [6.45, 7) is 4.76. The fourth-order valence-corrected chi connectivity index (χ4v) is 9.12. The van der Waals surface area contributed by atoms with Gasteiger partial charge < -0.3 is 8.80 Å². The summed E-state index contributed by atoms with van der Waals surface area (Å²) in [5, 5.41) is 7.67. The van der Waals surface area contributed by atoms with E-state index in [2.05, 4.69) is 168 Å². The van der Waals surface area contributed by atoms with Crippen LogP contribution in [0.4, 0.5) is 0 Å². The van der Waals surface area contributed by atoms with Crippen molar-refractivity contribution in [3.05, 3.63) is 157 Å². The number of hydrogen-bond acceptors (Lipinski definition) is 0. The number of aromatic nitrogens is 2. The molecule has 0 fully saturated rings. The molecule has 1 aliphatic rings. The molecule has 0 saturated carbocycles. The quantitative estimate of drug-likeness (QED) is 0.178. The lowest BCUT2D eigenvalue weighted by molar-refractivity contribution is 0.662. The van der Waals surface area contributed by atoms with Gasteiger partial charge in [-0.25, -0.2) is 0 Å². The number of para-hydroxylation sites is 5. The molecule has 11 rings (SSSR count). The van der Waals surface area contributed by atoms with Crippen LogP contribution < -0.4 is 0 Å². The summed E-state index contributed by atoms with van der Waals surface area (Å²) in [6, 6.07) is 54.4. The molecule has 0 atom stereocenters. The molecule has 47 heavy (non-hydrogen) atoms. The Bertz CT molecular complexity index is 2990. The van der Waals surface area contributed by atoms with Gasteiger partial charge in [0.2, 0.25) is 0 Å². The molecule has 0 aliphatic heterocycles. The summed E-state index contributed by atoms with van der Waals surface area (Å²) in [6.07, 6.45) is 0. The van der Waals surface area contributed by atoms with Crippen molar-refractivity contribution in [2.45, 2.75) is 19.3 Å². The van der Waals surface area contributed by atoms with E-state index in [1.807, 2.05) is 0 Å². The van der Waals surface area contributed by atoms with Crippen LogP contribution in [-0.2, 0) is 5.41 Å². The summed E-state index contributed by atoms with van der Waals surface area (Å²) in [5.74, 6) is 0. The normalized spacial score (nSPS) is 13.9. The van der Waals surface area contributed by atoms with Gasteiger partial charge >= 0.3 is 0 Å². The highest BCUT2D eigenvalue weighted by atomic mass is 15.0. The van der Waals surface area contributed by atoms with Crippen molar-refractivity contribution < 1.29 is 0 Å². The van der Waals surface area contributed by atoms with E-state index in [4.69, 9.17) is 0 Å². The highest BCUT2D eigenvalue weighted by Crippen LogP contribution is 2.52. The van der Waals surface area contributed by atoms with Gasteiger partial charge in [0.15, 0.2) is 0 Å². The Labute approximate surface area is 271 Å². The molecule has 0 bridgehead atoms. The van der Waals surface area contributed by atoms with E-state index in [9.17, 15) is 0 Å². The van der Waals surface area contributed by atoms with E-state index in [1.165, 1.54) is 98.8 Å².